The number of carbonyl (C=O) groups is 1. The zero-order chi connectivity index (χ0) is 14.3. The van der Waals surface area contributed by atoms with Crippen molar-refractivity contribution in [2.75, 3.05) is 20.8 Å². The summed E-state index contributed by atoms with van der Waals surface area (Å²) in [4.78, 5) is 11.7. The molecule has 4 nitrogen and oxygen atoms in total. The Hall–Kier alpha value is -1.97. The van der Waals surface area contributed by atoms with Crippen molar-refractivity contribution in [1.82, 2.24) is 5.32 Å². The van der Waals surface area contributed by atoms with Crippen molar-refractivity contribution in [1.29, 1.82) is 0 Å². The lowest BCUT2D eigenvalue weighted by molar-refractivity contribution is -0.117. The van der Waals surface area contributed by atoms with Crippen LogP contribution >= 0.6 is 0 Å². The van der Waals surface area contributed by atoms with E-state index in [2.05, 4.69) is 5.32 Å². The number of amides is 1. The molecular formula is C15H21NO3. The van der Waals surface area contributed by atoms with E-state index in [0.29, 0.717) is 23.6 Å². The molecule has 0 aliphatic carbocycles. The molecule has 19 heavy (non-hydrogen) atoms. The molecule has 0 spiro atoms. The highest BCUT2D eigenvalue weighted by Gasteiger charge is 2.06. The predicted octanol–water partition coefficient (Wildman–Crippen LogP) is 2.63. The van der Waals surface area contributed by atoms with Gasteiger partial charge in [-0.2, -0.15) is 0 Å². The van der Waals surface area contributed by atoms with Crippen LogP contribution in [0.25, 0.3) is 6.08 Å². The fraction of sp³-hybridized carbons (Fsp3) is 0.400. The van der Waals surface area contributed by atoms with Crippen LogP contribution in [0.4, 0.5) is 0 Å². The lowest BCUT2D eigenvalue weighted by Gasteiger charge is -2.08. The van der Waals surface area contributed by atoms with Crippen LogP contribution < -0.4 is 14.8 Å². The van der Waals surface area contributed by atoms with Crippen LogP contribution in [0.5, 0.6) is 11.5 Å². The largest absolute Gasteiger partial charge is 0.493 e. The highest BCUT2D eigenvalue weighted by molar-refractivity contribution is 5.97. The first-order chi connectivity index (χ1) is 9.12. The van der Waals surface area contributed by atoms with Crippen LogP contribution in [-0.4, -0.2) is 26.7 Å². The van der Waals surface area contributed by atoms with E-state index in [9.17, 15) is 4.79 Å². The zero-order valence-electron chi connectivity index (χ0n) is 11.9. The summed E-state index contributed by atoms with van der Waals surface area (Å²) in [6.45, 7) is 4.51. The SMILES string of the molecule is CCCNC(=O)/C(C)=C/c1ccc(OC)c(OC)c1. The Kier molecular flexibility index (Phi) is 5.93. The Morgan fingerprint density at radius 3 is 2.53 bits per heavy atom. The van der Waals surface area contributed by atoms with Crippen molar-refractivity contribution >= 4 is 12.0 Å². The zero-order valence-corrected chi connectivity index (χ0v) is 11.9. The Labute approximate surface area is 114 Å². The average molecular weight is 263 g/mol. The van der Waals surface area contributed by atoms with Gasteiger partial charge in [0, 0.05) is 12.1 Å². The van der Waals surface area contributed by atoms with Gasteiger partial charge in [-0.05, 0) is 37.1 Å². The van der Waals surface area contributed by atoms with Gasteiger partial charge >= 0.3 is 0 Å². The number of hydrogen-bond donors (Lipinski definition) is 1. The van der Waals surface area contributed by atoms with E-state index < -0.39 is 0 Å². The standard InChI is InChI=1S/C15H21NO3/c1-5-8-16-15(17)11(2)9-12-6-7-13(18-3)14(10-12)19-4/h6-7,9-10H,5,8H2,1-4H3,(H,16,17)/b11-9+. The maximum Gasteiger partial charge on any atom is 0.246 e. The first-order valence-electron chi connectivity index (χ1n) is 6.30. The van der Waals surface area contributed by atoms with Gasteiger partial charge in [-0.25, -0.2) is 0 Å². The van der Waals surface area contributed by atoms with Gasteiger partial charge in [-0.15, -0.1) is 0 Å². The fourth-order valence-electron chi connectivity index (χ4n) is 1.64. The lowest BCUT2D eigenvalue weighted by atomic mass is 10.1. The smallest absolute Gasteiger partial charge is 0.246 e. The Morgan fingerprint density at radius 1 is 1.26 bits per heavy atom. The van der Waals surface area contributed by atoms with E-state index in [0.717, 1.165) is 12.0 Å². The molecule has 1 aromatic rings. The molecule has 0 unspecified atom stereocenters. The number of benzene rings is 1. The van der Waals surface area contributed by atoms with Crippen LogP contribution in [0.1, 0.15) is 25.8 Å². The second-order valence-corrected chi connectivity index (χ2v) is 4.20. The van der Waals surface area contributed by atoms with E-state index in [-0.39, 0.29) is 5.91 Å². The first-order valence-corrected chi connectivity index (χ1v) is 6.30. The van der Waals surface area contributed by atoms with Crippen LogP contribution in [0.2, 0.25) is 0 Å². The van der Waals surface area contributed by atoms with Gasteiger partial charge in [-0.3, -0.25) is 4.79 Å². The predicted molar refractivity (Wildman–Crippen MR) is 76.5 cm³/mol. The van der Waals surface area contributed by atoms with Crippen LogP contribution in [0.15, 0.2) is 23.8 Å². The topological polar surface area (TPSA) is 47.6 Å². The third-order valence-corrected chi connectivity index (χ3v) is 2.68. The quantitative estimate of drug-likeness (QED) is 0.803. The van der Waals surface area contributed by atoms with Gasteiger partial charge in [0.2, 0.25) is 5.91 Å². The van der Waals surface area contributed by atoms with Crippen molar-refractivity contribution in [2.45, 2.75) is 20.3 Å². The molecule has 0 radical (unpaired) electrons. The minimum Gasteiger partial charge on any atom is -0.493 e. The number of methoxy groups -OCH3 is 2. The van der Waals surface area contributed by atoms with E-state index in [1.165, 1.54) is 0 Å². The second kappa shape index (κ2) is 7.46. The summed E-state index contributed by atoms with van der Waals surface area (Å²) in [6.07, 6.45) is 2.75. The Bertz CT molecular complexity index is 466. The normalized spacial score (nSPS) is 11.1. The minimum atomic E-state index is -0.0448. The summed E-state index contributed by atoms with van der Waals surface area (Å²) >= 11 is 0. The molecule has 1 amide bonds. The summed E-state index contributed by atoms with van der Waals surface area (Å²) in [5, 5.41) is 2.84. The second-order valence-electron chi connectivity index (χ2n) is 4.20. The van der Waals surface area contributed by atoms with Gasteiger partial charge in [-0.1, -0.05) is 13.0 Å². The maximum absolute atomic E-state index is 11.7. The number of nitrogens with one attached hydrogen (secondary N) is 1. The molecule has 4 heteroatoms. The third kappa shape index (κ3) is 4.32. The summed E-state index contributed by atoms with van der Waals surface area (Å²) in [5.41, 5.74) is 1.57. The van der Waals surface area contributed by atoms with Crippen molar-refractivity contribution in [3.05, 3.63) is 29.3 Å². The maximum atomic E-state index is 11.7. The molecule has 0 bridgehead atoms. The van der Waals surface area contributed by atoms with E-state index >= 15 is 0 Å². The molecule has 1 rings (SSSR count). The molecule has 0 heterocycles. The van der Waals surface area contributed by atoms with E-state index in [1.807, 2.05) is 31.2 Å². The molecular weight excluding hydrogens is 242 g/mol. The molecule has 104 valence electrons. The third-order valence-electron chi connectivity index (χ3n) is 2.68. The molecule has 0 aliphatic heterocycles. The first kappa shape index (κ1) is 15.1. The average Bonchev–Trinajstić information content (AvgIpc) is 2.44. The van der Waals surface area contributed by atoms with Gasteiger partial charge in [0.15, 0.2) is 11.5 Å². The number of hydrogen-bond acceptors (Lipinski definition) is 3. The van der Waals surface area contributed by atoms with Crippen LogP contribution in [-0.2, 0) is 4.79 Å². The van der Waals surface area contributed by atoms with Crippen molar-refractivity contribution in [3.63, 3.8) is 0 Å². The monoisotopic (exact) mass is 263 g/mol. The Balaban J connectivity index is 2.88. The molecule has 1 aromatic carbocycles. The minimum absolute atomic E-state index is 0.0448. The fourth-order valence-corrected chi connectivity index (χ4v) is 1.64. The van der Waals surface area contributed by atoms with Crippen molar-refractivity contribution in [2.24, 2.45) is 0 Å². The number of ether oxygens (including phenoxy) is 2. The highest BCUT2D eigenvalue weighted by atomic mass is 16.5. The van der Waals surface area contributed by atoms with Crippen LogP contribution in [0.3, 0.4) is 0 Å². The highest BCUT2D eigenvalue weighted by Crippen LogP contribution is 2.28. The number of rotatable bonds is 6. The summed E-state index contributed by atoms with van der Waals surface area (Å²) in [6, 6.07) is 5.55. The Morgan fingerprint density at radius 2 is 1.95 bits per heavy atom. The van der Waals surface area contributed by atoms with Crippen molar-refractivity contribution < 1.29 is 14.3 Å². The summed E-state index contributed by atoms with van der Waals surface area (Å²) in [5.74, 6) is 1.28. The van der Waals surface area contributed by atoms with E-state index in [1.54, 1.807) is 21.1 Å². The number of carbonyl (C=O) groups excluding carboxylic acids is 1. The molecule has 0 fully saturated rings. The van der Waals surface area contributed by atoms with Crippen molar-refractivity contribution in [3.8, 4) is 11.5 Å². The molecule has 0 saturated heterocycles. The van der Waals surface area contributed by atoms with Gasteiger partial charge in [0.1, 0.15) is 0 Å². The molecule has 0 atom stereocenters. The van der Waals surface area contributed by atoms with E-state index in [4.69, 9.17) is 9.47 Å². The lowest BCUT2D eigenvalue weighted by Crippen LogP contribution is -2.24. The van der Waals surface area contributed by atoms with Gasteiger partial charge < -0.3 is 14.8 Å². The van der Waals surface area contributed by atoms with Gasteiger partial charge in [0.25, 0.3) is 0 Å². The van der Waals surface area contributed by atoms with Crippen LogP contribution in [0, 0.1) is 0 Å². The molecule has 0 aromatic heterocycles. The summed E-state index contributed by atoms with van der Waals surface area (Å²) < 4.78 is 10.4. The van der Waals surface area contributed by atoms with Gasteiger partial charge in [0.05, 0.1) is 14.2 Å². The molecule has 0 aliphatic rings. The molecule has 0 saturated carbocycles. The molecule has 1 N–H and O–H groups in total. The summed E-state index contributed by atoms with van der Waals surface area (Å²) in [7, 11) is 3.18.